The van der Waals surface area contributed by atoms with Crippen LogP contribution in [0.1, 0.15) is 16.7 Å². The third kappa shape index (κ3) is 6.30. The molecule has 5 nitrogen and oxygen atoms in total. The van der Waals surface area contributed by atoms with Crippen LogP contribution in [-0.2, 0) is 11.4 Å². The lowest BCUT2D eigenvalue weighted by Crippen LogP contribution is -2.07. The average molecular weight is 457 g/mol. The molecule has 1 aromatic heterocycles. The topological polar surface area (TPSA) is 60.5 Å². The first-order valence-electron chi connectivity index (χ1n) is 10.5. The van der Waals surface area contributed by atoms with E-state index in [2.05, 4.69) is 41.5 Å². The summed E-state index contributed by atoms with van der Waals surface area (Å²) in [6.45, 7) is 2.58. The molecule has 1 N–H and O–H groups in total. The van der Waals surface area contributed by atoms with Crippen molar-refractivity contribution in [3.05, 3.63) is 101 Å². The molecule has 0 saturated heterocycles. The number of ether oxygens (including phenoxy) is 2. The summed E-state index contributed by atoms with van der Waals surface area (Å²) in [5.41, 5.74) is 4.99. The highest BCUT2D eigenvalue weighted by molar-refractivity contribution is 7.14. The van der Waals surface area contributed by atoms with E-state index in [4.69, 9.17) is 9.47 Å². The Balaban J connectivity index is 1.30. The Morgan fingerprint density at radius 2 is 1.82 bits per heavy atom. The van der Waals surface area contributed by atoms with E-state index in [9.17, 15) is 4.79 Å². The Bertz CT molecular complexity index is 1250. The third-order valence-electron chi connectivity index (χ3n) is 4.93. The molecule has 6 heteroatoms. The summed E-state index contributed by atoms with van der Waals surface area (Å²) >= 11 is 1.38. The molecule has 0 spiro atoms. The van der Waals surface area contributed by atoms with Crippen LogP contribution in [0.5, 0.6) is 11.5 Å². The van der Waals surface area contributed by atoms with E-state index in [-0.39, 0.29) is 5.91 Å². The van der Waals surface area contributed by atoms with Crippen molar-refractivity contribution in [1.82, 2.24) is 4.98 Å². The molecule has 0 atom stereocenters. The van der Waals surface area contributed by atoms with Gasteiger partial charge in [0.05, 0.1) is 12.8 Å². The predicted molar refractivity (Wildman–Crippen MR) is 134 cm³/mol. The summed E-state index contributed by atoms with van der Waals surface area (Å²) in [5.74, 6) is 1.31. The van der Waals surface area contributed by atoms with Crippen molar-refractivity contribution in [2.45, 2.75) is 13.5 Å². The molecule has 0 unspecified atom stereocenters. The summed E-state index contributed by atoms with van der Waals surface area (Å²) in [4.78, 5) is 16.8. The monoisotopic (exact) mass is 456 g/mol. The predicted octanol–water partition coefficient (Wildman–Crippen LogP) is 6.36. The van der Waals surface area contributed by atoms with Gasteiger partial charge in [-0.15, -0.1) is 11.3 Å². The first-order valence-corrected chi connectivity index (χ1v) is 11.3. The van der Waals surface area contributed by atoms with Crippen LogP contribution in [0, 0.1) is 6.92 Å². The van der Waals surface area contributed by atoms with Crippen LogP contribution >= 0.6 is 11.3 Å². The van der Waals surface area contributed by atoms with Crippen LogP contribution in [0.4, 0.5) is 5.13 Å². The van der Waals surface area contributed by atoms with Gasteiger partial charge in [0.25, 0.3) is 0 Å². The second kappa shape index (κ2) is 10.6. The fraction of sp³-hybridized carbons (Fsp3) is 0.111. The van der Waals surface area contributed by atoms with Crippen molar-refractivity contribution in [2.24, 2.45) is 0 Å². The molecular weight excluding hydrogens is 432 g/mol. The lowest BCUT2D eigenvalue weighted by Gasteiger charge is -2.07. The normalized spacial score (nSPS) is 10.8. The number of amides is 1. The molecule has 0 aliphatic carbocycles. The largest absolute Gasteiger partial charge is 0.497 e. The zero-order valence-corrected chi connectivity index (χ0v) is 19.3. The van der Waals surface area contributed by atoms with Gasteiger partial charge in [-0.1, -0.05) is 54.1 Å². The molecule has 166 valence electrons. The minimum Gasteiger partial charge on any atom is -0.497 e. The molecule has 3 aromatic carbocycles. The molecule has 4 aromatic rings. The Kier molecular flexibility index (Phi) is 7.17. The summed E-state index contributed by atoms with van der Waals surface area (Å²) in [7, 11) is 1.63. The van der Waals surface area contributed by atoms with Crippen molar-refractivity contribution in [3.63, 3.8) is 0 Å². The van der Waals surface area contributed by atoms with Gasteiger partial charge in [0, 0.05) is 17.0 Å². The Morgan fingerprint density at radius 1 is 1.03 bits per heavy atom. The van der Waals surface area contributed by atoms with E-state index in [0.29, 0.717) is 11.7 Å². The van der Waals surface area contributed by atoms with E-state index >= 15 is 0 Å². The Morgan fingerprint density at radius 3 is 2.58 bits per heavy atom. The number of rotatable bonds is 8. The number of benzene rings is 3. The highest BCUT2D eigenvalue weighted by atomic mass is 32.1. The maximum absolute atomic E-state index is 12.3. The van der Waals surface area contributed by atoms with Gasteiger partial charge in [-0.25, -0.2) is 4.98 Å². The van der Waals surface area contributed by atoms with Crippen LogP contribution in [0.3, 0.4) is 0 Å². The fourth-order valence-electron chi connectivity index (χ4n) is 3.09. The molecule has 0 aliphatic heterocycles. The molecule has 0 aliphatic rings. The minimum atomic E-state index is -0.235. The molecular formula is C27H24N2O3S. The van der Waals surface area contributed by atoms with Gasteiger partial charge in [0.15, 0.2) is 5.13 Å². The third-order valence-corrected chi connectivity index (χ3v) is 5.69. The summed E-state index contributed by atoms with van der Waals surface area (Å²) < 4.78 is 11.1. The number of nitrogens with zero attached hydrogens (tertiary/aromatic N) is 1. The first-order chi connectivity index (χ1) is 16.1. The van der Waals surface area contributed by atoms with E-state index < -0.39 is 0 Å². The van der Waals surface area contributed by atoms with Crippen molar-refractivity contribution in [3.8, 4) is 22.8 Å². The van der Waals surface area contributed by atoms with Crippen LogP contribution < -0.4 is 14.8 Å². The Labute approximate surface area is 197 Å². The number of aryl methyl sites for hydroxylation is 1. The van der Waals surface area contributed by atoms with Crippen LogP contribution in [0.15, 0.2) is 84.3 Å². The molecule has 0 saturated carbocycles. The van der Waals surface area contributed by atoms with Crippen molar-refractivity contribution in [2.75, 3.05) is 12.4 Å². The van der Waals surface area contributed by atoms with Crippen molar-refractivity contribution in [1.29, 1.82) is 0 Å². The zero-order chi connectivity index (χ0) is 23.0. The fourth-order valence-corrected chi connectivity index (χ4v) is 3.81. The molecule has 0 fully saturated rings. The molecule has 1 amide bonds. The van der Waals surface area contributed by atoms with E-state index in [0.717, 1.165) is 33.9 Å². The Hall–Kier alpha value is -3.90. The summed E-state index contributed by atoms with van der Waals surface area (Å²) in [5, 5.41) is 5.26. The number of carbonyl (C=O) groups excluding carboxylic acids is 1. The van der Waals surface area contributed by atoms with Gasteiger partial charge in [-0.05, 0) is 48.4 Å². The second-order valence-corrected chi connectivity index (χ2v) is 8.29. The van der Waals surface area contributed by atoms with E-state index in [1.807, 2.05) is 53.9 Å². The number of hydrogen-bond acceptors (Lipinski definition) is 5. The number of methoxy groups -OCH3 is 1. The first kappa shape index (κ1) is 22.3. The average Bonchev–Trinajstić information content (AvgIpc) is 3.31. The van der Waals surface area contributed by atoms with E-state index in [1.54, 1.807) is 13.2 Å². The standard InChI is InChI=1S/C27H24N2O3S/c1-19-6-8-21(9-7-19)17-32-23-13-10-20(11-14-23)12-15-26(30)29-27-28-25(18-33-27)22-4-3-5-24(16-22)31-2/h3-16,18H,17H2,1-2H3,(H,28,29,30)/b15-12+. The van der Waals surface area contributed by atoms with Crippen molar-refractivity contribution < 1.29 is 14.3 Å². The number of carbonyl (C=O) groups is 1. The SMILES string of the molecule is COc1cccc(-c2csc(NC(=O)/C=C/c3ccc(OCc4ccc(C)cc4)cc3)n2)c1. The highest BCUT2D eigenvalue weighted by Crippen LogP contribution is 2.27. The van der Waals surface area contributed by atoms with Gasteiger partial charge in [0.1, 0.15) is 18.1 Å². The van der Waals surface area contributed by atoms with Gasteiger partial charge in [-0.2, -0.15) is 0 Å². The molecule has 1 heterocycles. The number of nitrogens with one attached hydrogen (secondary N) is 1. The number of aromatic nitrogens is 1. The lowest BCUT2D eigenvalue weighted by atomic mass is 10.1. The number of hydrogen-bond donors (Lipinski definition) is 1. The second-order valence-electron chi connectivity index (χ2n) is 7.44. The molecule has 4 rings (SSSR count). The van der Waals surface area contributed by atoms with Gasteiger partial charge >= 0.3 is 0 Å². The van der Waals surface area contributed by atoms with Crippen molar-refractivity contribution >= 4 is 28.5 Å². The molecule has 0 bridgehead atoms. The van der Waals surface area contributed by atoms with E-state index in [1.165, 1.54) is 23.0 Å². The van der Waals surface area contributed by atoms with Gasteiger partial charge in [0.2, 0.25) is 5.91 Å². The highest BCUT2D eigenvalue weighted by Gasteiger charge is 2.07. The number of thiazole rings is 1. The van der Waals surface area contributed by atoms with Crippen LogP contribution in [0.2, 0.25) is 0 Å². The summed E-state index contributed by atoms with van der Waals surface area (Å²) in [6, 6.07) is 23.6. The maximum atomic E-state index is 12.3. The van der Waals surface area contributed by atoms with Gasteiger partial charge < -0.3 is 9.47 Å². The number of anilines is 1. The molecule has 0 radical (unpaired) electrons. The van der Waals surface area contributed by atoms with Crippen LogP contribution in [-0.4, -0.2) is 18.0 Å². The van der Waals surface area contributed by atoms with Crippen LogP contribution in [0.25, 0.3) is 17.3 Å². The minimum absolute atomic E-state index is 0.235. The smallest absolute Gasteiger partial charge is 0.250 e. The lowest BCUT2D eigenvalue weighted by molar-refractivity contribution is -0.111. The summed E-state index contributed by atoms with van der Waals surface area (Å²) in [6.07, 6.45) is 3.25. The quantitative estimate of drug-likeness (QED) is 0.314. The maximum Gasteiger partial charge on any atom is 0.250 e. The van der Waals surface area contributed by atoms with Gasteiger partial charge in [-0.3, -0.25) is 10.1 Å². The zero-order valence-electron chi connectivity index (χ0n) is 18.4. The molecule has 33 heavy (non-hydrogen) atoms.